The maximum absolute atomic E-state index is 4.53. The molecule has 0 N–H and O–H groups in total. The van der Waals surface area contributed by atoms with E-state index in [0.29, 0.717) is 0 Å². The zero-order valence-corrected chi connectivity index (χ0v) is 24.2. The fourth-order valence-electron chi connectivity index (χ4n) is 2.19. The fourth-order valence-corrected chi connectivity index (χ4v) is 5.76. The van der Waals surface area contributed by atoms with Crippen LogP contribution in [0.4, 0.5) is 0 Å². The van der Waals surface area contributed by atoms with Crippen molar-refractivity contribution in [1.82, 2.24) is 0 Å². The molecule has 0 atom stereocenters. The topological polar surface area (TPSA) is 0 Å². The summed E-state index contributed by atoms with van der Waals surface area (Å²) in [6.07, 6.45) is 17.5. The molecule has 0 saturated carbocycles. The van der Waals surface area contributed by atoms with E-state index in [1.165, 1.54) is 50.9 Å². The Morgan fingerprint density at radius 3 is 1.50 bits per heavy atom. The standard InChI is InChI=1S/2C8H6BrS.C3H7.CH3Si.Zr/c2*1-5-2-6-7(9)4-10-8(6)3-5;1-3-2;1-2;/h2*2H,4H2,1H3;3H,1-2H3;1H,2H2;/q4*-1;+4. The van der Waals surface area contributed by atoms with Gasteiger partial charge in [0.1, 0.15) is 0 Å². The van der Waals surface area contributed by atoms with Crippen LogP contribution in [0, 0.1) is 18.6 Å². The Labute approximate surface area is 206 Å². The van der Waals surface area contributed by atoms with Crippen LogP contribution >= 0.6 is 55.4 Å². The summed E-state index contributed by atoms with van der Waals surface area (Å²) in [6.45, 7) is 8.16. The van der Waals surface area contributed by atoms with E-state index in [-0.39, 0.29) is 26.2 Å². The van der Waals surface area contributed by atoms with Crippen LogP contribution in [-0.4, -0.2) is 27.5 Å². The van der Waals surface area contributed by atoms with Crippen LogP contribution in [0.25, 0.3) is 0 Å². The molecular formula is C20H22Br2S2SiZr. The maximum atomic E-state index is 4.53. The number of rotatable bonds is 0. The van der Waals surface area contributed by atoms with Crippen molar-refractivity contribution in [3.8, 4) is 0 Å². The van der Waals surface area contributed by atoms with E-state index in [4.69, 9.17) is 0 Å². The van der Waals surface area contributed by atoms with Crippen molar-refractivity contribution in [2.45, 2.75) is 27.7 Å². The molecule has 6 heteroatoms. The van der Waals surface area contributed by atoms with Crippen molar-refractivity contribution in [1.29, 1.82) is 0 Å². The predicted octanol–water partition coefficient (Wildman–Crippen LogP) is 6.21. The van der Waals surface area contributed by atoms with Crippen molar-refractivity contribution in [3.05, 3.63) is 71.8 Å². The van der Waals surface area contributed by atoms with E-state index < -0.39 is 0 Å². The molecule has 0 unspecified atom stereocenters. The van der Waals surface area contributed by atoms with Crippen LogP contribution in [0.5, 0.6) is 0 Å². The second kappa shape index (κ2) is 14.1. The first-order chi connectivity index (χ1) is 12.0. The SMILES string of the molecule is CC1=CC2=C(Br)CSC2=[C-]1.CC1=CC2=C(Br)CSC2=[C-]1.C[CH-]C.[CH-]=[SiH2].[Zr+4]. The Balaban J connectivity index is 0.000000376. The van der Waals surface area contributed by atoms with E-state index in [2.05, 4.69) is 76.2 Å². The molecule has 0 radical (unpaired) electrons. The van der Waals surface area contributed by atoms with Gasteiger partial charge in [0, 0.05) is 11.5 Å². The van der Waals surface area contributed by atoms with Gasteiger partial charge in [0.05, 0.1) is 0 Å². The maximum Gasteiger partial charge on any atom is 4.00 e. The summed E-state index contributed by atoms with van der Waals surface area (Å²) in [6, 6.07) is 0. The molecule has 0 amide bonds. The van der Waals surface area contributed by atoms with Crippen molar-refractivity contribution >= 4 is 71.4 Å². The third-order valence-electron chi connectivity index (χ3n) is 3.10. The molecule has 0 aromatic carbocycles. The van der Waals surface area contributed by atoms with Gasteiger partial charge in [-0.25, -0.2) is 22.0 Å². The second-order valence-corrected chi connectivity index (χ2v) is 9.24. The van der Waals surface area contributed by atoms with E-state index >= 15 is 0 Å². The molecule has 0 aromatic heterocycles. The van der Waals surface area contributed by atoms with Gasteiger partial charge < -0.3 is 12.6 Å². The quantitative estimate of drug-likeness (QED) is 0.238. The Bertz CT molecular complexity index is 643. The van der Waals surface area contributed by atoms with E-state index in [1.54, 1.807) is 0 Å². The van der Waals surface area contributed by atoms with Gasteiger partial charge in [-0.05, 0) is 0 Å². The molecule has 26 heavy (non-hydrogen) atoms. The van der Waals surface area contributed by atoms with Gasteiger partial charge in [-0.3, -0.25) is 0 Å². The molecule has 0 aromatic rings. The first kappa shape index (κ1) is 27.1. The summed E-state index contributed by atoms with van der Waals surface area (Å²) in [7, 11) is 1.36. The smallest absolute Gasteiger partial charge is 0.533 e. The van der Waals surface area contributed by atoms with Crippen LogP contribution in [0.3, 0.4) is 0 Å². The number of hydrogen-bond donors (Lipinski definition) is 0. The largest absolute Gasteiger partial charge is 4.00 e. The zero-order valence-electron chi connectivity index (χ0n) is 15.5. The fraction of sp³-hybridized carbons (Fsp3) is 0.300. The molecule has 4 aliphatic rings. The third kappa shape index (κ3) is 7.83. The van der Waals surface area contributed by atoms with Gasteiger partial charge in [0.2, 0.25) is 0 Å². The summed E-state index contributed by atoms with van der Waals surface area (Å²) >= 11 is 10.8. The Morgan fingerprint density at radius 1 is 0.923 bits per heavy atom. The molecule has 0 nitrogen and oxygen atoms in total. The number of halogens is 2. The Kier molecular flexibility index (Phi) is 14.7. The number of allylic oxidation sites excluding steroid dienone is 8. The minimum Gasteiger partial charge on any atom is -0.533 e. The molecule has 4 rings (SSSR count). The van der Waals surface area contributed by atoms with Gasteiger partial charge >= 0.3 is 26.2 Å². The van der Waals surface area contributed by atoms with Crippen LogP contribution in [-0.2, 0) is 26.2 Å². The number of thioether (sulfide) groups is 2. The van der Waals surface area contributed by atoms with Crippen molar-refractivity contribution in [3.63, 3.8) is 0 Å². The average molecular weight is 606 g/mol. The average Bonchev–Trinajstić information content (AvgIpc) is 3.30. The molecule has 136 valence electrons. The Morgan fingerprint density at radius 2 is 1.23 bits per heavy atom. The van der Waals surface area contributed by atoms with Gasteiger partial charge in [-0.2, -0.15) is 48.3 Å². The minimum atomic E-state index is 0. The molecule has 0 fully saturated rings. The molecular weight excluding hydrogens is 583 g/mol. The van der Waals surface area contributed by atoms with Gasteiger partial charge in [-0.15, -0.1) is 33.3 Å². The second-order valence-electron chi connectivity index (χ2n) is 5.35. The van der Waals surface area contributed by atoms with E-state index in [1.807, 2.05) is 43.8 Å². The molecule has 2 aliphatic heterocycles. The van der Waals surface area contributed by atoms with Gasteiger partial charge in [0.15, 0.2) is 0 Å². The summed E-state index contributed by atoms with van der Waals surface area (Å²) in [5.41, 5.74) is 5.19. The monoisotopic (exact) mass is 602 g/mol. The van der Waals surface area contributed by atoms with Crippen LogP contribution in [0.15, 0.2) is 53.2 Å². The molecule has 2 aliphatic carbocycles. The normalized spacial score (nSPS) is 18.5. The predicted molar refractivity (Wildman–Crippen MR) is 128 cm³/mol. The summed E-state index contributed by atoms with van der Waals surface area (Å²) in [4.78, 5) is 2.62. The molecule has 0 bridgehead atoms. The number of fused-ring (bicyclic) bond motifs is 2. The van der Waals surface area contributed by atoms with Crippen molar-refractivity contribution in [2.24, 2.45) is 0 Å². The van der Waals surface area contributed by atoms with Crippen molar-refractivity contribution in [2.75, 3.05) is 11.5 Å². The first-order valence-electron chi connectivity index (χ1n) is 7.79. The summed E-state index contributed by atoms with van der Waals surface area (Å²) < 4.78 is 2.63. The first-order valence-corrected chi connectivity index (χ1v) is 12.2. The number of hydrogen-bond acceptors (Lipinski definition) is 2. The van der Waals surface area contributed by atoms with Crippen LogP contribution in [0.2, 0.25) is 0 Å². The van der Waals surface area contributed by atoms with Crippen LogP contribution < -0.4 is 0 Å². The van der Waals surface area contributed by atoms with Crippen LogP contribution in [0.1, 0.15) is 27.7 Å². The molecule has 0 saturated heterocycles. The van der Waals surface area contributed by atoms with Crippen molar-refractivity contribution < 1.29 is 26.2 Å². The van der Waals surface area contributed by atoms with E-state index in [0.717, 1.165) is 11.5 Å². The third-order valence-corrected chi connectivity index (χ3v) is 7.35. The van der Waals surface area contributed by atoms with E-state index in [9.17, 15) is 0 Å². The zero-order chi connectivity index (χ0) is 19.0. The minimum absolute atomic E-state index is 0. The Hall–Kier alpha value is 1.07. The van der Waals surface area contributed by atoms with Gasteiger partial charge in [-0.1, -0.05) is 54.7 Å². The van der Waals surface area contributed by atoms with Gasteiger partial charge in [0.25, 0.3) is 0 Å². The molecule has 2 heterocycles. The summed E-state index contributed by atoms with van der Waals surface area (Å²) in [5.74, 6) is 2.17. The summed E-state index contributed by atoms with van der Waals surface area (Å²) in [5, 5.41) is 0. The molecule has 0 spiro atoms.